The fourth-order valence-corrected chi connectivity index (χ4v) is 3.05. The van der Waals surface area contributed by atoms with Crippen molar-refractivity contribution in [1.29, 1.82) is 0 Å². The lowest BCUT2D eigenvalue weighted by Gasteiger charge is -2.27. The van der Waals surface area contributed by atoms with Gasteiger partial charge in [0.05, 0.1) is 19.8 Å². The summed E-state index contributed by atoms with van der Waals surface area (Å²) in [7, 11) is 0. The van der Waals surface area contributed by atoms with E-state index in [0.717, 1.165) is 11.1 Å². The minimum atomic E-state index is -1.52. The standard InChI is InChI=1S/C20H24O5/c1-20(22)19(24-14-16-10-6-3-7-11-16)18(17(12-21)25-20)23-13-15-8-4-2-5-9-15/h2-11,17-19,21-22H,12-14H2,1H3/t17-,18-,19-,20?/m1/s1. The highest BCUT2D eigenvalue weighted by molar-refractivity contribution is 5.14. The van der Waals surface area contributed by atoms with Crippen molar-refractivity contribution in [2.45, 2.75) is 44.2 Å². The van der Waals surface area contributed by atoms with E-state index in [1.807, 2.05) is 60.7 Å². The zero-order valence-electron chi connectivity index (χ0n) is 14.2. The topological polar surface area (TPSA) is 68.2 Å². The molecule has 0 amide bonds. The van der Waals surface area contributed by atoms with Crippen LogP contribution in [0.1, 0.15) is 18.1 Å². The lowest BCUT2D eigenvalue weighted by molar-refractivity contribution is -0.230. The van der Waals surface area contributed by atoms with E-state index < -0.39 is 24.1 Å². The Labute approximate surface area is 147 Å². The third-order valence-electron chi connectivity index (χ3n) is 4.32. The predicted octanol–water partition coefficient (Wildman–Crippen LogP) is 2.26. The van der Waals surface area contributed by atoms with Crippen molar-refractivity contribution in [2.75, 3.05) is 6.61 Å². The summed E-state index contributed by atoms with van der Waals surface area (Å²) < 4.78 is 17.4. The minimum absolute atomic E-state index is 0.249. The first-order valence-electron chi connectivity index (χ1n) is 8.42. The van der Waals surface area contributed by atoms with Crippen LogP contribution in [-0.4, -0.2) is 40.9 Å². The second-order valence-corrected chi connectivity index (χ2v) is 6.37. The lowest BCUT2D eigenvalue weighted by Crippen LogP contribution is -2.44. The van der Waals surface area contributed by atoms with Gasteiger partial charge in [-0.2, -0.15) is 0 Å². The maximum atomic E-state index is 10.6. The molecule has 1 saturated heterocycles. The van der Waals surface area contributed by atoms with Crippen LogP contribution in [0, 0.1) is 0 Å². The number of aliphatic hydroxyl groups excluding tert-OH is 1. The van der Waals surface area contributed by atoms with Crippen molar-refractivity contribution in [3.63, 3.8) is 0 Å². The van der Waals surface area contributed by atoms with Gasteiger partial charge in [-0.15, -0.1) is 0 Å². The Balaban J connectivity index is 1.69. The fourth-order valence-electron chi connectivity index (χ4n) is 3.05. The summed E-state index contributed by atoms with van der Waals surface area (Å²) in [5, 5.41) is 20.2. The van der Waals surface area contributed by atoms with Gasteiger partial charge in [0.1, 0.15) is 18.3 Å². The SMILES string of the molecule is CC1(O)O[C@H](CO)[C@@H](OCc2ccccc2)[C@H]1OCc1ccccc1. The van der Waals surface area contributed by atoms with E-state index in [1.165, 1.54) is 6.92 Å². The highest BCUT2D eigenvalue weighted by Crippen LogP contribution is 2.34. The summed E-state index contributed by atoms with van der Waals surface area (Å²) >= 11 is 0. The maximum Gasteiger partial charge on any atom is 0.192 e. The molecule has 1 aliphatic heterocycles. The summed E-state index contributed by atoms with van der Waals surface area (Å²) in [5.74, 6) is -1.52. The van der Waals surface area contributed by atoms with Crippen LogP contribution in [-0.2, 0) is 27.4 Å². The Bertz CT molecular complexity index is 644. The van der Waals surface area contributed by atoms with Crippen LogP contribution < -0.4 is 0 Å². The van der Waals surface area contributed by atoms with E-state index in [-0.39, 0.29) is 6.61 Å². The van der Waals surface area contributed by atoms with E-state index in [0.29, 0.717) is 13.2 Å². The fraction of sp³-hybridized carbons (Fsp3) is 0.400. The number of hydrogen-bond acceptors (Lipinski definition) is 5. The molecule has 5 nitrogen and oxygen atoms in total. The first-order valence-corrected chi connectivity index (χ1v) is 8.42. The van der Waals surface area contributed by atoms with Crippen LogP contribution in [0.4, 0.5) is 0 Å². The number of aliphatic hydroxyl groups is 2. The van der Waals surface area contributed by atoms with Crippen LogP contribution in [0.3, 0.4) is 0 Å². The Morgan fingerprint density at radius 3 is 1.96 bits per heavy atom. The number of rotatable bonds is 7. The maximum absolute atomic E-state index is 10.6. The molecule has 0 aromatic heterocycles. The average Bonchev–Trinajstić information content (AvgIpc) is 2.89. The molecule has 0 saturated carbocycles. The van der Waals surface area contributed by atoms with Crippen molar-refractivity contribution in [3.05, 3.63) is 71.8 Å². The van der Waals surface area contributed by atoms with E-state index in [4.69, 9.17) is 14.2 Å². The molecule has 1 unspecified atom stereocenters. The van der Waals surface area contributed by atoms with Crippen LogP contribution in [0.15, 0.2) is 60.7 Å². The Morgan fingerprint density at radius 2 is 1.44 bits per heavy atom. The summed E-state index contributed by atoms with van der Waals surface area (Å²) in [6.07, 6.45) is -1.91. The predicted molar refractivity (Wildman–Crippen MR) is 92.6 cm³/mol. The molecule has 0 aliphatic carbocycles. The highest BCUT2D eigenvalue weighted by atomic mass is 16.7. The van der Waals surface area contributed by atoms with E-state index >= 15 is 0 Å². The van der Waals surface area contributed by atoms with Gasteiger partial charge in [0, 0.05) is 0 Å². The molecule has 3 rings (SSSR count). The smallest absolute Gasteiger partial charge is 0.192 e. The van der Waals surface area contributed by atoms with Crippen molar-refractivity contribution < 1.29 is 24.4 Å². The normalized spacial score (nSPS) is 29.0. The molecule has 0 spiro atoms. The van der Waals surface area contributed by atoms with Crippen molar-refractivity contribution >= 4 is 0 Å². The van der Waals surface area contributed by atoms with E-state index in [1.54, 1.807) is 0 Å². The zero-order chi connectivity index (χ0) is 17.7. The van der Waals surface area contributed by atoms with Gasteiger partial charge in [0.2, 0.25) is 0 Å². The lowest BCUT2D eigenvalue weighted by atomic mass is 10.1. The molecule has 1 aliphatic rings. The van der Waals surface area contributed by atoms with Gasteiger partial charge in [-0.25, -0.2) is 0 Å². The van der Waals surface area contributed by atoms with Gasteiger partial charge in [-0.05, 0) is 18.1 Å². The van der Waals surface area contributed by atoms with Gasteiger partial charge < -0.3 is 24.4 Å². The van der Waals surface area contributed by atoms with Gasteiger partial charge in [-0.1, -0.05) is 60.7 Å². The molecule has 2 aromatic carbocycles. The third kappa shape index (κ3) is 4.45. The zero-order valence-corrected chi connectivity index (χ0v) is 14.2. The van der Waals surface area contributed by atoms with Crippen molar-refractivity contribution in [2.24, 2.45) is 0 Å². The Kier molecular flexibility index (Phi) is 5.83. The monoisotopic (exact) mass is 344 g/mol. The molecule has 134 valence electrons. The number of hydrogen-bond donors (Lipinski definition) is 2. The van der Waals surface area contributed by atoms with Gasteiger partial charge in [-0.3, -0.25) is 0 Å². The van der Waals surface area contributed by atoms with Gasteiger partial charge >= 0.3 is 0 Å². The summed E-state index contributed by atoms with van der Waals surface area (Å²) in [5.41, 5.74) is 2.00. The molecular formula is C20H24O5. The second-order valence-electron chi connectivity index (χ2n) is 6.37. The summed E-state index contributed by atoms with van der Waals surface area (Å²) in [4.78, 5) is 0. The largest absolute Gasteiger partial charge is 0.394 e. The van der Waals surface area contributed by atoms with Crippen LogP contribution in [0.2, 0.25) is 0 Å². The second kappa shape index (κ2) is 8.08. The molecule has 2 aromatic rings. The van der Waals surface area contributed by atoms with Crippen LogP contribution >= 0.6 is 0 Å². The molecule has 4 atom stereocenters. The molecule has 2 N–H and O–H groups in total. The molecular weight excluding hydrogens is 320 g/mol. The third-order valence-corrected chi connectivity index (χ3v) is 4.32. The number of ether oxygens (including phenoxy) is 3. The highest BCUT2D eigenvalue weighted by Gasteiger charge is 2.53. The molecule has 0 radical (unpaired) electrons. The van der Waals surface area contributed by atoms with Crippen LogP contribution in [0.25, 0.3) is 0 Å². The Hall–Kier alpha value is -1.76. The van der Waals surface area contributed by atoms with Gasteiger partial charge in [0.15, 0.2) is 5.79 Å². The molecule has 0 bridgehead atoms. The molecule has 5 heteroatoms. The number of benzene rings is 2. The molecule has 25 heavy (non-hydrogen) atoms. The summed E-state index contributed by atoms with van der Waals surface area (Å²) in [6.45, 7) is 1.97. The van der Waals surface area contributed by atoms with Gasteiger partial charge in [0.25, 0.3) is 0 Å². The first-order chi connectivity index (χ1) is 12.1. The van der Waals surface area contributed by atoms with E-state index in [2.05, 4.69) is 0 Å². The van der Waals surface area contributed by atoms with Crippen molar-refractivity contribution in [3.8, 4) is 0 Å². The first kappa shape index (κ1) is 18.0. The quantitative estimate of drug-likeness (QED) is 0.806. The minimum Gasteiger partial charge on any atom is -0.394 e. The molecule has 1 heterocycles. The van der Waals surface area contributed by atoms with Crippen molar-refractivity contribution in [1.82, 2.24) is 0 Å². The molecule has 1 fully saturated rings. The van der Waals surface area contributed by atoms with E-state index in [9.17, 15) is 10.2 Å². The Morgan fingerprint density at radius 1 is 0.920 bits per heavy atom. The average molecular weight is 344 g/mol. The van der Waals surface area contributed by atoms with Crippen LogP contribution in [0.5, 0.6) is 0 Å². The summed E-state index contributed by atoms with van der Waals surface area (Å²) in [6, 6.07) is 19.4.